The molecule has 0 aromatic rings. The SMILES string of the molecule is C=C(CC1CCOCC1)C(C)C. The molecular weight excluding hydrogens is 148 g/mol. The number of ether oxygens (including phenoxy) is 1. The van der Waals surface area contributed by atoms with E-state index in [2.05, 4.69) is 20.4 Å². The van der Waals surface area contributed by atoms with Gasteiger partial charge in [-0.15, -0.1) is 0 Å². The smallest absolute Gasteiger partial charge is 0.0468 e. The van der Waals surface area contributed by atoms with Gasteiger partial charge in [0.25, 0.3) is 0 Å². The second-order valence-electron chi connectivity index (χ2n) is 4.07. The molecule has 0 amide bonds. The van der Waals surface area contributed by atoms with Gasteiger partial charge in [-0.2, -0.15) is 0 Å². The highest BCUT2D eigenvalue weighted by molar-refractivity contribution is 4.99. The Balaban J connectivity index is 2.24. The maximum absolute atomic E-state index is 5.31. The first-order valence-electron chi connectivity index (χ1n) is 4.95. The zero-order valence-corrected chi connectivity index (χ0v) is 8.31. The fourth-order valence-electron chi connectivity index (χ4n) is 1.56. The van der Waals surface area contributed by atoms with Crippen LogP contribution in [0.1, 0.15) is 33.1 Å². The van der Waals surface area contributed by atoms with Crippen LogP contribution in [0.4, 0.5) is 0 Å². The highest BCUT2D eigenvalue weighted by Gasteiger charge is 2.15. The Bertz CT molecular complexity index is 143. The molecule has 0 spiro atoms. The van der Waals surface area contributed by atoms with Crippen molar-refractivity contribution in [3.8, 4) is 0 Å². The third-order valence-electron chi connectivity index (χ3n) is 2.71. The Morgan fingerprint density at radius 2 is 2.00 bits per heavy atom. The van der Waals surface area contributed by atoms with Crippen molar-refractivity contribution < 1.29 is 4.74 Å². The van der Waals surface area contributed by atoms with Crippen molar-refractivity contribution in [3.63, 3.8) is 0 Å². The van der Waals surface area contributed by atoms with Crippen molar-refractivity contribution in [2.75, 3.05) is 13.2 Å². The van der Waals surface area contributed by atoms with E-state index in [0.717, 1.165) is 19.1 Å². The second kappa shape index (κ2) is 4.66. The number of allylic oxidation sites excluding steroid dienone is 1. The van der Waals surface area contributed by atoms with Crippen molar-refractivity contribution >= 4 is 0 Å². The average Bonchev–Trinajstić information content (AvgIpc) is 2.06. The minimum Gasteiger partial charge on any atom is -0.381 e. The summed E-state index contributed by atoms with van der Waals surface area (Å²) in [7, 11) is 0. The normalized spacial score (nSPS) is 19.9. The highest BCUT2D eigenvalue weighted by atomic mass is 16.5. The van der Waals surface area contributed by atoms with E-state index >= 15 is 0 Å². The molecule has 0 bridgehead atoms. The molecule has 1 fully saturated rings. The summed E-state index contributed by atoms with van der Waals surface area (Å²) in [5.41, 5.74) is 1.40. The molecule has 0 atom stereocenters. The Morgan fingerprint density at radius 1 is 1.42 bits per heavy atom. The van der Waals surface area contributed by atoms with Crippen LogP contribution >= 0.6 is 0 Å². The van der Waals surface area contributed by atoms with E-state index in [1.165, 1.54) is 24.8 Å². The fraction of sp³-hybridized carbons (Fsp3) is 0.818. The zero-order chi connectivity index (χ0) is 8.97. The van der Waals surface area contributed by atoms with E-state index in [4.69, 9.17) is 4.74 Å². The lowest BCUT2D eigenvalue weighted by Gasteiger charge is -2.23. The lowest BCUT2D eigenvalue weighted by molar-refractivity contribution is 0.0660. The molecule has 1 rings (SSSR count). The average molecular weight is 168 g/mol. The Hall–Kier alpha value is -0.300. The standard InChI is InChI=1S/C11H20O/c1-9(2)10(3)8-11-4-6-12-7-5-11/h9,11H,3-8H2,1-2H3. The van der Waals surface area contributed by atoms with Crippen LogP contribution in [-0.2, 0) is 4.74 Å². The Labute approximate surface area is 75.8 Å². The predicted molar refractivity (Wildman–Crippen MR) is 52.1 cm³/mol. The molecular formula is C11H20O. The molecule has 70 valence electrons. The van der Waals surface area contributed by atoms with Crippen LogP contribution in [-0.4, -0.2) is 13.2 Å². The number of hydrogen-bond donors (Lipinski definition) is 0. The van der Waals surface area contributed by atoms with E-state index in [0.29, 0.717) is 5.92 Å². The topological polar surface area (TPSA) is 9.23 Å². The third kappa shape index (κ3) is 2.98. The first kappa shape index (κ1) is 9.79. The Kier molecular flexibility index (Phi) is 3.80. The summed E-state index contributed by atoms with van der Waals surface area (Å²) in [5.74, 6) is 1.49. The van der Waals surface area contributed by atoms with Crippen LogP contribution in [0.5, 0.6) is 0 Å². The molecule has 12 heavy (non-hydrogen) atoms. The monoisotopic (exact) mass is 168 g/mol. The van der Waals surface area contributed by atoms with E-state index in [-0.39, 0.29) is 0 Å². The van der Waals surface area contributed by atoms with Gasteiger partial charge in [0.05, 0.1) is 0 Å². The van der Waals surface area contributed by atoms with Gasteiger partial charge in [-0.25, -0.2) is 0 Å². The molecule has 0 unspecified atom stereocenters. The minimum absolute atomic E-state index is 0.646. The molecule has 1 saturated heterocycles. The molecule has 0 aliphatic carbocycles. The van der Waals surface area contributed by atoms with Crippen molar-refractivity contribution in [2.24, 2.45) is 11.8 Å². The molecule has 0 aromatic carbocycles. The lowest BCUT2D eigenvalue weighted by atomic mass is 9.89. The van der Waals surface area contributed by atoms with Gasteiger partial charge in [0.15, 0.2) is 0 Å². The molecule has 0 aromatic heterocycles. The minimum atomic E-state index is 0.646. The van der Waals surface area contributed by atoms with Crippen molar-refractivity contribution in [3.05, 3.63) is 12.2 Å². The molecule has 0 saturated carbocycles. The largest absolute Gasteiger partial charge is 0.381 e. The zero-order valence-electron chi connectivity index (χ0n) is 8.31. The highest BCUT2D eigenvalue weighted by Crippen LogP contribution is 2.25. The van der Waals surface area contributed by atoms with Gasteiger partial charge < -0.3 is 4.74 Å². The van der Waals surface area contributed by atoms with Crippen LogP contribution in [0.25, 0.3) is 0 Å². The molecule has 1 aliphatic heterocycles. The van der Waals surface area contributed by atoms with Gasteiger partial charge >= 0.3 is 0 Å². The van der Waals surface area contributed by atoms with Crippen molar-refractivity contribution in [2.45, 2.75) is 33.1 Å². The molecule has 0 radical (unpaired) electrons. The molecule has 1 nitrogen and oxygen atoms in total. The van der Waals surface area contributed by atoms with Crippen LogP contribution < -0.4 is 0 Å². The maximum Gasteiger partial charge on any atom is 0.0468 e. The van der Waals surface area contributed by atoms with Crippen LogP contribution in [0.15, 0.2) is 12.2 Å². The van der Waals surface area contributed by atoms with Crippen molar-refractivity contribution in [1.82, 2.24) is 0 Å². The van der Waals surface area contributed by atoms with Gasteiger partial charge in [0.1, 0.15) is 0 Å². The molecule has 1 heterocycles. The third-order valence-corrected chi connectivity index (χ3v) is 2.71. The van der Waals surface area contributed by atoms with E-state index in [1.54, 1.807) is 0 Å². The summed E-state index contributed by atoms with van der Waals surface area (Å²) in [6.07, 6.45) is 3.67. The van der Waals surface area contributed by atoms with Gasteiger partial charge in [-0.05, 0) is 31.1 Å². The molecule has 1 aliphatic rings. The lowest BCUT2D eigenvalue weighted by Crippen LogP contribution is -2.16. The molecule has 0 N–H and O–H groups in total. The van der Waals surface area contributed by atoms with Gasteiger partial charge in [0.2, 0.25) is 0 Å². The summed E-state index contributed by atoms with van der Waals surface area (Å²) in [6.45, 7) is 10.5. The second-order valence-corrected chi connectivity index (χ2v) is 4.07. The van der Waals surface area contributed by atoms with Crippen LogP contribution in [0, 0.1) is 11.8 Å². The van der Waals surface area contributed by atoms with E-state index in [1.807, 2.05) is 0 Å². The van der Waals surface area contributed by atoms with E-state index in [9.17, 15) is 0 Å². The molecule has 1 heteroatoms. The van der Waals surface area contributed by atoms with Gasteiger partial charge in [-0.3, -0.25) is 0 Å². The first-order chi connectivity index (χ1) is 5.70. The maximum atomic E-state index is 5.31. The fourth-order valence-corrected chi connectivity index (χ4v) is 1.56. The quantitative estimate of drug-likeness (QED) is 0.589. The van der Waals surface area contributed by atoms with Crippen LogP contribution in [0.2, 0.25) is 0 Å². The Morgan fingerprint density at radius 3 is 2.50 bits per heavy atom. The summed E-state index contributed by atoms with van der Waals surface area (Å²) < 4.78 is 5.31. The summed E-state index contributed by atoms with van der Waals surface area (Å²) in [4.78, 5) is 0. The first-order valence-corrected chi connectivity index (χ1v) is 4.95. The summed E-state index contributed by atoms with van der Waals surface area (Å²) in [5, 5.41) is 0. The predicted octanol–water partition coefficient (Wildman–Crippen LogP) is 3.02. The number of hydrogen-bond acceptors (Lipinski definition) is 1. The number of rotatable bonds is 3. The van der Waals surface area contributed by atoms with E-state index < -0.39 is 0 Å². The summed E-state index contributed by atoms with van der Waals surface area (Å²) >= 11 is 0. The summed E-state index contributed by atoms with van der Waals surface area (Å²) in [6, 6.07) is 0. The van der Waals surface area contributed by atoms with Crippen LogP contribution in [0.3, 0.4) is 0 Å². The van der Waals surface area contributed by atoms with Crippen molar-refractivity contribution in [1.29, 1.82) is 0 Å². The van der Waals surface area contributed by atoms with Gasteiger partial charge in [-0.1, -0.05) is 26.0 Å². The van der Waals surface area contributed by atoms with Gasteiger partial charge in [0, 0.05) is 13.2 Å².